The SMILES string of the molecule is CC(C)CCOCCNc1ccc(Br)cc1C(=O)O. The van der Waals surface area contributed by atoms with E-state index in [9.17, 15) is 4.79 Å². The van der Waals surface area contributed by atoms with Crippen LogP contribution in [0.1, 0.15) is 30.6 Å². The van der Waals surface area contributed by atoms with Crippen LogP contribution in [-0.2, 0) is 4.74 Å². The highest BCUT2D eigenvalue weighted by molar-refractivity contribution is 9.10. The fourth-order valence-electron chi connectivity index (χ4n) is 1.53. The lowest BCUT2D eigenvalue weighted by molar-refractivity contribution is 0.0697. The number of carbonyl (C=O) groups is 1. The molecule has 0 aliphatic carbocycles. The summed E-state index contributed by atoms with van der Waals surface area (Å²) in [7, 11) is 0. The zero-order valence-electron chi connectivity index (χ0n) is 11.3. The Bertz CT molecular complexity index is 421. The maximum atomic E-state index is 11.1. The van der Waals surface area contributed by atoms with Gasteiger partial charge in [-0.05, 0) is 30.5 Å². The van der Waals surface area contributed by atoms with E-state index in [1.165, 1.54) is 0 Å². The molecule has 106 valence electrons. The minimum absolute atomic E-state index is 0.261. The van der Waals surface area contributed by atoms with E-state index < -0.39 is 5.97 Å². The number of rotatable bonds is 8. The smallest absolute Gasteiger partial charge is 0.337 e. The molecule has 1 aromatic rings. The van der Waals surface area contributed by atoms with E-state index in [4.69, 9.17) is 9.84 Å². The lowest BCUT2D eigenvalue weighted by atomic mass is 10.1. The number of benzene rings is 1. The number of carboxylic acids is 1. The fourth-order valence-corrected chi connectivity index (χ4v) is 1.89. The number of carboxylic acid groups (broad SMARTS) is 1. The van der Waals surface area contributed by atoms with Gasteiger partial charge in [-0.25, -0.2) is 4.79 Å². The van der Waals surface area contributed by atoms with Crippen LogP contribution in [0.2, 0.25) is 0 Å². The van der Waals surface area contributed by atoms with Crippen molar-refractivity contribution < 1.29 is 14.6 Å². The van der Waals surface area contributed by atoms with E-state index in [0.717, 1.165) is 17.5 Å². The zero-order valence-corrected chi connectivity index (χ0v) is 12.9. The molecule has 1 rings (SSSR count). The first-order valence-electron chi connectivity index (χ1n) is 6.35. The molecule has 0 fully saturated rings. The highest BCUT2D eigenvalue weighted by Gasteiger charge is 2.09. The number of aromatic carboxylic acids is 1. The molecule has 0 aliphatic rings. The van der Waals surface area contributed by atoms with Crippen LogP contribution in [-0.4, -0.2) is 30.8 Å². The highest BCUT2D eigenvalue weighted by atomic mass is 79.9. The first kappa shape index (κ1) is 16.0. The molecule has 0 aromatic heterocycles. The number of halogens is 1. The van der Waals surface area contributed by atoms with E-state index in [0.29, 0.717) is 24.8 Å². The van der Waals surface area contributed by atoms with Gasteiger partial charge in [-0.2, -0.15) is 0 Å². The molecular weight excluding hydrogens is 310 g/mol. The Morgan fingerprint density at radius 2 is 2.16 bits per heavy atom. The van der Waals surface area contributed by atoms with Crippen molar-refractivity contribution in [2.75, 3.05) is 25.1 Å². The summed E-state index contributed by atoms with van der Waals surface area (Å²) in [5.74, 6) is -0.303. The number of anilines is 1. The van der Waals surface area contributed by atoms with E-state index in [-0.39, 0.29) is 5.56 Å². The molecule has 0 amide bonds. The first-order chi connectivity index (χ1) is 9.00. The molecule has 19 heavy (non-hydrogen) atoms. The van der Waals surface area contributed by atoms with Crippen molar-refractivity contribution in [1.82, 2.24) is 0 Å². The maximum Gasteiger partial charge on any atom is 0.337 e. The van der Waals surface area contributed by atoms with Crippen molar-refractivity contribution >= 4 is 27.6 Å². The Labute approximate surface area is 122 Å². The number of hydrogen-bond donors (Lipinski definition) is 2. The van der Waals surface area contributed by atoms with E-state index >= 15 is 0 Å². The van der Waals surface area contributed by atoms with Crippen LogP contribution in [0.3, 0.4) is 0 Å². The summed E-state index contributed by atoms with van der Waals surface area (Å²) >= 11 is 3.26. The number of ether oxygens (including phenoxy) is 1. The summed E-state index contributed by atoms with van der Waals surface area (Å²) < 4.78 is 6.22. The van der Waals surface area contributed by atoms with Gasteiger partial charge in [0.1, 0.15) is 0 Å². The minimum Gasteiger partial charge on any atom is -0.478 e. The predicted octanol–water partition coefficient (Wildman–Crippen LogP) is 3.62. The Hall–Kier alpha value is -1.07. The molecule has 0 saturated heterocycles. The topological polar surface area (TPSA) is 58.6 Å². The molecule has 1 aromatic carbocycles. The van der Waals surface area contributed by atoms with Crippen LogP contribution >= 0.6 is 15.9 Å². The third-order valence-electron chi connectivity index (χ3n) is 2.61. The van der Waals surface area contributed by atoms with Crippen LogP contribution in [0, 0.1) is 5.92 Å². The summed E-state index contributed by atoms with van der Waals surface area (Å²) in [6.07, 6.45) is 1.04. The molecule has 0 bridgehead atoms. The van der Waals surface area contributed by atoms with Gasteiger partial charge in [-0.1, -0.05) is 29.8 Å². The molecule has 2 N–H and O–H groups in total. The summed E-state index contributed by atoms with van der Waals surface area (Å²) in [5.41, 5.74) is 0.875. The Morgan fingerprint density at radius 3 is 2.79 bits per heavy atom. The van der Waals surface area contributed by atoms with Crippen LogP contribution < -0.4 is 5.32 Å². The van der Waals surface area contributed by atoms with E-state index in [1.807, 2.05) is 6.07 Å². The van der Waals surface area contributed by atoms with Gasteiger partial charge >= 0.3 is 5.97 Å². The predicted molar refractivity (Wildman–Crippen MR) is 79.9 cm³/mol. The lowest BCUT2D eigenvalue weighted by Gasteiger charge is -2.11. The average Bonchev–Trinajstić information content (AvgIpc) is 2.34. The number of nitrogens with one attached hydrogen (secondary N) is 1. The molecule has 0 spiro atoms. The normalized spacial score (nSPS) is 10.7. The van der Waals surface area contributed by atoms with Crippen LogP contribution in [0.4, 0.5) is 5.69 Å². The second kappa shape index (κ2) is 8.17. The van der Waals surface area contributed by atoms with Crippen molar-refractivity contribution in [2.24, 2.45) is 5.92 Å². The fraction of sp³-hybridized carbons (Fsp3) is 0.500. The Balaban J connectivity index is 2.39. The molecular formula is C14H20BrNO3. The molecule has 0 atom stereocenters. The molecule has 0 saturated carbocycles. The van der Waals surface area contributed by atoms with Crippen molar-refractivity contribution in [1.29, 1.82) is 0 Å². The molecule has 0 heterocycles. The van der Waals surface area contributed by atoms with Gasteiger partial charge in [-0.15, -0.1) is 0 Å². The minimum atomic E-state index is -0.940. The third kappa shape index (κ3) is 6.07. The van der Waals surface area contributed by atoms with Crippen LogP contribution in [0.25, 0.3) is 0 Å². The van der Waals surface area contributed by atoms with Gasteiger partial charge in [0, 0.05) is 23.3 Å². The molecule has 5 heteroatoms. The standard InChI is InChI=1S/C14H20BrNO3/c1-10(2)5-7-19-8-6-16-13-4-3-11(15)9-12(13)14(17)18/h3-4,9-10,16H,5-8H2,1-2H3,(H,17,18). The quantitative estimate of drug-likeness (QED) is 0.715. The first-order valence-corrected chi connectivity index (χ1v) is 7.14. The largest absolute Gasteiger partial charge is 0.478 e. The van der Waals surface area contributed by atoms with Gasteiger partial charge in [0.05, 0.1) is 12.2 Å². The Kier molecular flexibility index (Phi) is 6.87. The van der Waals surface area contributed by atoms with Crippen molar-refractivity contribution in [3.63, 3.8) is 0 Å². The zero-order chi connectivity index (χ0) is 14.3. The highest BCUT2D eigenvalue weighted by Crippen LogP contribution is 2.20. The molecule has 0 radical (unpaired) electrons. The monoisotopic (exact) mass is 329 g/mol. The maximum absolute atomic E-state index is 11.1. The van der Waals surface area contributed by atoms with Gasteiger partial charge in [0.2, 0.25) is 0 Å². The molecule has 0 aliphatic heterocycles. The summed E-state index contributed by atoms with van der Waals surface area (Å²) in [4.78, 5) is 11.1. The van der Waals surface area contributed by atoms with Crippen LogP contribution in [0.15, 0.2) is 22.7 Å². The summed E-state index contributed by atoms with van der Waals surface area (Å²) in [6.45, 7) is 6.22. The van der Waals surface area contributed by atoms with Gasteiger partial charge < -0.3 is 15.2 Å². The molecule has 0 unspecified atom stereocenters. The second-order valence-electron chi connectivity index (χ2n) is 4.72. The Morgan fingerprint density at radius 1 is 1.42 bits per heavy atom. The van der Waals surface area contributed by atoms with E-state index in [1.54, 1.807) is 12.1 Å². The van der Waals surface area contributed by atoms with E-state index in [2.05, 4.69) is 35.1 Å². The summed E-state index contributed by atoms with van der Waals surface area (Å²) in [6, 6.07) is 5.15. The lowest BCUT2D eigenvalue weighted by Crippen LogP contribution is -2.13. The van der Waals surface area contributed by atoms with Gasteiger partial charge in [-0.3, -0.25) is 0 Å². The summed E-state index contributed by atoms with van der Waals surface area (Å²) in [5, 5.41) is 12.2. The van der Waals surface area contributed by atoms with Crippen molar-refractivity contribution in [3.8, 4) is 0 Å². The van der Waals surface area contributed by atoms with Crippen molar-refractivity contribution in [3.05, 3.63) is 28.2 Å². The number of hydrogen-bond acceptors (Lipinski definition) is 3. The van der Waals surface area contributed by atoms with Crippen molar-refractivity contribution in [2.45, 2.75) is 20.3 Å². The molecule has 4 nitrogen and oxygen atoms in total. The van der Waals surface area contributed by atoms with Gasteiger partial charge in [0.15, 0.2) is 0 Å². The average molecular weight is 330 g/mol. The second-order valence-corrected chi connectivity index (χ2v) is 5.63. The van der Waals surface area contributed by atoms with Gasteiger partial charge in [0.25, 0.3) is 0 Å². The third-order valence-corrected chi connectivity index (χ3v) is 3.11. The van der Waals surface area contributed by atoms with Crippen LogP contribution in [0.5, 0.6) is 0 Å².